The molecule has 0 bridgehead atoms. The third-order valence-electron chi connectivity index (χ3n) is 4.93. The molecule has 0 saturated carbocycles. The average molecular weight is 515 g/mol. The Morgan fingerprint density at radius 1 is 0.853 bits per heavy atom. The van der Waals surface area contributed by atoms with Gasteiger partial charge in [-0.2, -0.15) is 23.5 Å². The van der Waals surface area contributed by atoms with Crippen LogP contribution in [0.4, 0.5) is 0 Å². The maximum Gasteiger partial charge on any atom is 0.326 e. The molecule has 34 heavy (non-hydrogen) atoms. The fourth-order valence-electron chi connectivity index (χ4n) is 2.95. The van der Waals surface area contributed by atoms with Crippen LogP contribution >= 0.6 is 23.5 Å². The van der Waals surface area contributed by atoms with Crippen LogP contribution in [0.15, 0.2) is 30.3 Å². The lowest BCUT2D eigenvalue weighted by Crippen LogP contribution is -2.58. The molecule has 190 valence electrons. The Balaban J connectivity index is 2.84. The summed E-state index contributed by atoms with van der Waals surface area (Å²) in [6.07, 6.45) is 4.43. The standard InChI is InChI=1S/C22H34N4O6S2/c1-33-10-8-15(23)19(28)26-18(13-27)21(30)24-16(9-11-34-2)20(29)25-17(22(31)32)12-14-6-4-3-5-7-14/h3-7,15-18,27H,8-13,23H2,1-2H3,(H,24,30)(H,25,29)(H,26,28)(H,31,32). The molecule has 10 nitrogen and oxygen atoms in total. The van der Waals surface area contributed by atoms with Gasteiger partial charge in [0.15, 0.2) is 0 Å². The summed E-state index contributed by atoms with van der Waals surface area (Å²) in [5, 5.41) is 26.6. The fourth-order valence-corrected chi connectivity index (χ4v) is 3.91. The van der Waals surface area contributed by atoms with Gasteiger partial charge in [0, 0.05) is 6.42 Å². The predicted molar refractivity (Wildman–Crippen MR) is 135 cm³/mol. The van der Waals surface area contributed by atoms with Crippen molar-refractivity contribution in [3.63, 3.8) is 0 Å². The Morgan fingerprint density at radius 2 is 1.38 bits per heavy atom. The Labute approximate surface area is 208 Å². The molecule has 4 atom stereocenters. The second-order valence-corrected chi connectivity index (χ2v) is 9.53. The van der Waals surface area contributed by atoms with Crippen LogP contribution in [-0.2, 0) is 25.6 Å². The van der Waals surface area contributed by atoms with E-state index in [-0.39, 0.29) is 12.8 Å². The van der Waals surface area contributed by atoms with Crippen molar-refractivity contribution in [3.8, 4) is 0 Å². The molecule has 3 amide bonds. The van der Waals surface area contributed by atoms with Crippen molar-refractivity contribution in [1.29, 1.82) is 0 Å². The van der Waals surface area contributed by atoms with E-state index in [0.717, 1.165) is 5.56 Å². The van der Waals surface area contributed by atoms with E-state index in [0.29, 0.717) is 17.9 Å². The smallest absolute Gasteiger partial charge is 0.326 e. The molecule has 1 rings (SSSR count). The number of hydrogen-bond acceptors (Lipinski definition) is 8. The van der Waals surface area contributed by atoms with E-state index in [4.69, 9.17) is 5.73 Å². The van der Waals surface area contributed by atoms with Crippen molar-refractivity contribution in [2.24, 2.45) is 5.73 Å². The van der Waals surface area contributed by atoms with E-state index in [1.54, 1.807) is 30.3 Å². The normalized spacial score (nSPS) is 14.4. The van der Waals surface area contributed by atoms with Crippen molar-refractivity contribution >= 4 is 47.2 Å². The summed E-state index contributed by atoms with van der Waals surface area (Å²) in [6.45, 7) is -0.685. The highest BCUT2D eigenvalue weighted by Crippen LogP contribution is 2.07. The number of carbonyl (C=O) groups is 4. The van der Waals surface area contributed by atoms with Gasteiger partial charge < -0.3 is 31.9 Å². The van der Waals surface area contributed by atoms with Gasteiger partial charge in [0.25, 0.3) is 0 Å². The number of aliphatic hydroxyl groups is 1. The van der Waals surface area contributed by atoms with E-state index < -0.39 is 54.5 Å². The van der Waals surface area contributed by atoms with Crippen LogP contribution in [0.2, 0.25) is 0 Å². The van der Waals surface area contributed by atoms with Gasteiger partial charge in [0.05, 0.1) is 12.6 Å². The van der Waals surface area contributed by atoms with Crippen LogP contribution in [-0.4, -0.2) is 88.7 Å². The zero-order valence-electron chi connectivity index (χ0n) is 19.4. The van der Waals surface area contributed by atoms with E-state index >= 15 is 0 Å². The van der Waals surface area contributed by atoms with Crippen molar-refractivity contribution in [2.75, 3.05) is 30.6 Å². The second-order valence-electron chi connectivity index (χ2n) is 7.56. The minimum Gasteiger partial charge on any atom is -0.480 e. The number of carbonyl (C=O) groups excluding carboxylic acids is 3. The van der Waals surface area contributed by atoms with Crippen molar-refractivity contribution in [1.82, 2.24) is 16.0 Å². The summed E-state index contributed by atoms with van der Waals surface area (Å²) >= 11 is 2.98. The van der Waals surface area contributed by atoms with Gasteiger partial charge in [-0.25, -0.2) is 4.79 Å². The summed E-state index contributed by atoms with van der Waals surface area (Å²) in [5.74, 6) is -2.02. The third-order valence-corrected chi connectivity index (χ3v) is 6.21. The third kappa shape index (κ3) is 10.8. The molecule has 0 aliphatic heterocycles. The van der Waals surface area contributed by atoms with Crippen LogP contribution < -0.4 is 21.7 Å². The molecule has 0 spiro atoms. The molecule has 4 unspecified atom stereocenters. The number of nitrogens with two attached hydrogens (primary N) is 1. The SMILES string of the molecule is CSCCC(N)C(=O)NC(CO)C(=O)NC(CCSC)C(=O)NC(Cc1ccccc1)C(=O)O. The first-order valence-electron chi connectivity index (χ1n) is 10.8. The highest BCUT2D eigenvalue weighted by atomic mass is 32.2. The number of thioether (sulfide) groups is 2. The molecule has 1 aromatic rings. The maximum absolute atomic E-state index is 12.9. The number of rotatable bonds is 16. The number of benzene rings is 1. The predicted octanol–water partition coefficient (Wildman–Crippen LogP) is -0.406. The minimum absolute atomic E-state index is 0.0777. The Kier molecular flexibility index (Phi) is 14.3. The van der Waals surface area contributed by atoms with Gasteiger partial charge >= 0.3 is 5.97 Å². The zero-order valence-corrected chi connectivity index (χ0v) is 21.0. The lowest BCUT2D eigenvalue weighted by molar-refractivity contribution is -0.142. The number of carboxylic acid groups (broad SMARTS) is 1. The summed E-state index contributed by atoms with van der Waals surface area (Å²) in [6, 6.07) is 4.50. The Morgan fingerprint density at radius 3 is 1.94 bits per heavy atom. The van der Waals surface area contributed by atoms with Gasteiger partial charge in [0.2, 0.25) is 17.7 Å². The monoisotopic (exact) mass is 514 g/mol. The number of aliphatic hydroxyl groups excluding tert-OH is 1. The summed E-state index contributed by atoms with van der Waals surface area (Å²) in [5.41, 5.74) is 6.54. The highest BCUT2D eigenvalue weighted by Gasteiger charge is 2.30. The molecule has 0 fully saturated rings. The molecular formula is C22H34N4O6S2. The first-order valence-corrected chi connectivity index (χ1v) is 13.5. The van der Waals surface area contributed by atoms with E-state index in [1.165, 1.54) is 23.5 Å². The van der Waals surface area contributed by atoms with E-state index in [1.807, 2.05) is 12.5 Å². The fraction of sp³-hybridized carbons (Fsp3) is 0.545. The van der Waals surface area contributed by atoms with Crippen LogP contribution in [0.3, 0.4) is 0 Å². The zero-order chi connectivity index (χ0) is 25.5. The Hall–Kier alpha value is -2.28. The largest absolute Gasteiger partial charge is 0.480 e. The number of nitrogens with one attached hydrogen (secondary N) is 3. The average Bonchev–Trinajstić information content (AvgIpc) is 2.83. The molecule has 12 heteroatoms. The highest BCUT2D eigenvalue weighted by molar-refractivity contribution is 7.98. The molecule has 0 aliphatic rings. The molecule has 0 saturated heterocycles. The van der Waals surface area contributed by atoms with Crippen molar-refractivity contribution in [3.05, 3.63) is 35.9 Å². The molecular weight excluding hydrogens is 480 g/mol. The first-order chi connectivity index (χ1) is 16.2. The lowest BCUT2D eigenvalue weighted by atomic mass is 10.1. The number of aliphatic carboxylic acids is 1. The van der Waals surface area contributed by atoms with Gasteiger partial charge in [-0.1, -0.05) is 30.3 Å². The molecule has 0 radical (unpaired) electrons. The molecule has 0 heterocycles. The first kappa shape index (κ1) is 29.8. The molecule has 0 aromatic heterocycles. The summed E-state index contributed by atoms with van der Waals surface area (Å²) in [7, 11) is 0. The van der Waals surface area contributed by atoms with Crippen molar-refractivity contribution < 1.29 is 29.4 Å². The van der Waals surface area contributed by atoms with Gasteiger partial charge in [-0.05, 0) is 42.4 Å². The number of hydrogen-bond donors (Lipinski definition) is 6. The molecule has 1 aromatic carbocycles. The van der Waals surface area contributed by atoms with E-state index in [9.17, 15) is 29.4 Å². The topological polar surface area (TPSA) is 171 Å². The maximum atomic E-state index is 12.9. The van der Waals surface area contributed by atoms with Gasteiger partial charge in [-0.15, -0.1) is 0 Å². The summed E-state index contributed by atoms with van der Waals surface area (Å²) < 4.78 is 0. The van der Waals surface area contributed by atoms with Crippen LogP contribution in [0.25, 0.3) is 0 Å². The minimum atomic E-state index is -1.29. The van der Waals surface area contributed by atoms with Crippen LogP contribution in [0, 0.1) is 0 Å². The van der Waals surface area contributed by atoms with Gasteiger partial charge in [-0.3, -0.25) is 14.4 Å². The van der Waals surface area contributed by atoms with Gasteiger partial charge in [0.1, 0.15) is 18.1 Å². The molecule has 7 N–H and O–H groups in total. The van der Waals surface area contributed by atoms with E-state index in [2.05, 4.69) is 16.0 Å². The number of carboxylic acids is 1. The second kappa shape index (κ2) is 16.4. The summed E-state index contributed by atoms with van der Waals surface area (Å²) in [4.78, 5) is 49.5. The molecule has 0 aliphatic carbocycles. The number of amides is 3. The van der Waals surface area contributed by atoms with Crippen LogP contribution in [0.5, 0.6) is 0 Å². The lowest BCUT2D eigenvalue weighted by Gasteiger charge is -2.24. The van der Waals surface area contributed by atoms with Crippen LogP contribution in [0.1, 0.15) is 18.4 Å². The van der Waals surface area contributed by atoms with Crippen molar-refractivity contribution in [2.45, 2.75) is 43.4 Å². The Bertz CT molecular complexity index is 799. The quantitative estimate of drug-likeness (QED) is 0.172.